The smallest absolute Gasteiger partial charge is 0.265 e. The maximum absolute atomic E-state index is 12.8. The fourth-order valence-corrected chi connectivity index (χ4v) is 4.58. The molecule has 4 rings (SSSR count). The Balaban J connectivity index is 1.62. The third-order valence-electron chi connectivity index (χ3n) is 4.01. The number of carbonyl (C=O) groups excluding carboxylic acids is 1. The number of carbonyl (C=O) groups is 1. The second-order valence-corrected chi connectivity index (χ2v) is 7.33. The fourth-order valence-electron chi connectivity index (χ4n) is 2.91. The van der Waals surface area contributed by atoms with Gasteiger partial charge in [0.1, 0.15) is 12.3 Å². The zero-order chi connectivity index (χ0) is 16.7. The molecule has 0 unspecified atom stereocenters. The van der Waals surface area contributed by atoms with E-state index in [4.69, 9.17) is 4.42 Å². The predicted octanol–water partition coefficient (Wildman–Crippen LogP) is 2.26. The van der Waals surface area contributed by atoms with E-state index in [2.05, 4.69) is 5.32 Å². The Morgan fingerprint density at radius 2 is 1.88 bits per heavy atom. The van der Waals surface area contributed by atoms with Gasteiger partial charge in [-0.1, -0.05) is 24.3 Å². The van der Waals surface area contributed by atoms with E-state index in [0.29, 0.717) is 16.8 Å². The number of anilines is 1. The van der Waals surface area contributed by atoms with Crippen molar-refractivity contribution in [3.05, 3.63) is 60.6 Å². The molecule has 6 nitrogen and oxygen atoms in total. The molecule has 3 aromatic rings. The number of nitrogens with zero attached hydrogens (tertiary/aromatic N) is 1. The summed E-state index contributed by atoms with van der Waals surface area (Å²) in [5, 5.41) is 4.18. The summed E-state index contributed by atoms with van der Waals surface area (Å²) < 4.78 is 31.8. The predicted molar refractivity (Wildman–Crippen MR) is 89.0 cm³/mol. The van der Waals surface area contributed by atoms with Gasteiger partial charge in [-0.25, -0.2) is 8.42 Å². The van der Waals surface area contributed by atoms with Crippen molar-refractivity contribution >= 4 is 32.4 Å². The number of hydrogen-bond acceptors (Lipinski definition) is 4. The molecule has 2 heterocycles. The molecular weight excluding hydrogens is 328 g/mol. The largest absolute Gasteiger partial charge is 0.467 e. The normalized spacial score (nSPS) is 14.9. The molecule has 0 saturated heterocycles. The SMILES string of the molecule is O=C(CN1c2cccc3cccc(c23)S1(=O)=O)NCc1ccco1. The van der Waals surface area contributed by atoms with Crippen LogP contribution in [0.4, 0.5) is 5.69 Å². The minimum atomic E-state index is -3.72. The number of sulfonamides is 1. The minimum absolute atomic E-state index is 0.219. The number of nitrogens with one attached hydrogen (secondary N) is 1. The van der Waals surface area contributed by atoms with Gasteiger partial charge in [-0.05, 0) is 29.7 Å². The van der Waals surface area contributed by atoms with E-state index in [1.54, 1.807) is 36.4 Å². The molecular formula is C17H14N2O4S. The van der Waals surface area contributed by atoms with Crippen LogP contribution in [0.3, 0.4) is 0 Å². The number of benzene rings is 2. The van der Waals surface area contributed by atoms with E-state index in [9.17, 15) is 13.2 Å². The molecule has 2 aromatic carbocycles. The van der Waals surface area contributed by atoms with Crippen molar-refractivity contribution in [2.24, 2.45) is 0 Å². The van der Waals surface area contributed by atoms with Gasteiger partial charge in [0.05, 0.1) is 23.4 Å². The lowest BCUT2D eigenvalue weighted by Crippen LogP contribution is -2.38. The van der Waals surface area contributed by atoms with Crippen molar-refractivity contribution in [2.75, 3.05) is 10.8 Å². The van der Waals surface area contributed by atoms with Crippen molar-refractivity contribution in [1.82, 2.24) is 5.32 Å². The number of amides is 1. The standard InChI is InChI=1S/C17H14N2O4S/c20-16(18-10-13-6-3-9-23-13)11-19-14-7-1-4-12-5-2-8-15(17(12)14)24(19,21)22/h1-9H,10-11H2,(H,18,20). The second kappa shape index (κ2) is 5.38. The zero-order valence-electron chi connectivity index (χ0n) is 12.6. The molecule has 7 heteroatoms. The molecule has 0 fully saturated rings. The fraction of sp³-hybridized carbons (Fsp3) is 0.118. The van der Waals surface area contributed by atoms with E-state index < -0.39 is 10.0 Å². The van der Waals surface area contributed by atoms with Gasteiger partial charge in [0.25, 0.3) is 10.0 Å². The van der Waals surface area contributed by atoms with Crippen LogP contribution in [0, 0.1) is 0 Å². The Labute approximate surface area is 138 Å². The van der Waals surface area contributed by atoms with Crippen LogP contribution in [-0.4, -0.2) is 20.9 Å². The highest BCUT2D eigenvalue weighted by Gasteiger charge is 2.36. The first kappa shape index (κ1) is 14.8. The Bertz CT molecular complexity index is 1020. The van der Waals surface area contributed by atoms with E-state index >= 15 is 0 Å². The van der Waals surface area contributed by atoms with Gasteiger partial charge >= 0.3 is 0 Å². The highest BCUT2D eigenvalue weighted by atomic mass is 32.2. The van der Waals surface area contributed by atoms with Crippen molar-refractivity contribution < 1.29 is 17.6 Å². The minimum Gasteiger partial charge on any atom is -0.467 e. The molecule has 1 aliphatic heterocycles. The molecule has 1 N–H and O–H groups in total. The number of hydrogen-bond donors (Lipinski definition) is 1. The van der Waals surface area contributed by atoms with Crippen molar-refractivity contribution in [1.29, 1.82) is 0 Å². The van der Waals surface area contributed by atoms with Gasteiger partial charge in [0, 0.05) is 5.39 Å². The van der Waals surface area contributed by atoms with E-state index in [0.717, 1.165) is 9.69 Å². The summed E-state index contributed by atoms with van der Waals surface area (Å²) in [6.07, 6.45) is 1.52. The zero-order valence-corrected chi connectivity index (χ0v) is 13.4. The molecule has 122 valence electrons. The highest BCUT2D eigenvalue weighted by molar-refractivity contribution is 7.93. The molecule has 0 atom stereocenters. The molecule has 1 amide bonds. The van der Waals surface area contributed by atoms with E-state index in [1.807, 2.05) is 12.1 Å². The van der Waals surface area contributed by atoms with Gasteiger partial charge in [0.2, 0.25) is 5.91 Å². The van der Waals surface area contributed by atoms with Crippen molar-refractivity contribution in [2.45, 2.75) is 11.4 Å². The maximum atomic E-state index is 12.8. The van der Waals surface area contributed by atoms with Crippen LogP contribution >= 0.6 is 0 Å². The van der Waals surface area contributed by atoms with Gasteiger partial charge in [0.15, 0.2) is 0 Å². The Kier molecular flexibility index (Phi) is 3.31. The molecule has 0 saturated carbocycles. The van der Waals surface area contributed by atoms with Crippen LogP contribution in [0.15, 0.2) is 64.1 Å². The van der Waals surface area contributed by atoms with Crippen LogP contribution in [0.2, 0.25) is 0 Å². The summed E-state index contributed by atoms with van der Waals surface area (Å²) >= 11 is 0. The molecule has 24 heavy (non-hydrogen) atoms. The number of furan rings is 1. The Morgan fingerprint density at radius 3 is 2.62 bits per heavy atom. The van der Waals surface area contributed by atoms with Crippen LogP contribution in [0.25, 0.3) is 10.8 Å². The van der Waals surface area contributed by atoms with Gasteiger partial charge in [-0.3, -0.25) is 9.10 Å². The summed E-state index contributed by atoms with van der Waals surface area (Å²) in [4.78, 5) is 12.4. The molecule has 0 spiro atoms. The van der Waals surface area contributed by atoms with Crippen LogP contribution < -0.4 is 9.62 Å². The lowest BCUT2D eigenvalue weighted by Gasteiger charge is -2.18. The lowest BCUT2D eigenvalue weighted by atomic mass is 10.1. The third-order valence-corrected chi connectivity index (χ3v) is 5.81. The average Bonchev–Trinajstić information content (AvgIpc) is 3.16. The van der Waals surface area contributed by atoms with Gasteiger partial charge in [-0.15, -0.1) is 0 Å². The first-order valence-electron chi connectivity index (χ1n) is 7.41. The molecule has 1 aliphatic rings. The summed E-state index contributed by atoms with van der Waals surface area (Å²) in [6, 6.07) is 14.0. The maximum Gasteiger partial charge on any atom is 0.265 e. The lowest BCUT2D eigenvalue weighted by molar-refractivity contribution is -0.119. The Hall–Kier alpha value is -2.80. The van der Waals surface area contributed by atoms with Gasteiger partial charge < -0.3 is 9.73 Å². The van der Waals surface area contributed by atoms with Crippen LogP contribution in [0.1, 0.15) is 5.76 Å². The Morgan fingerprint density at radius 1 is 1.08 bits per heavy atom. The summed E-state index contributed by atoms with van der Waals surface area (Å²) in [5.41, 5.74) is 0.538. The molecule has 0 radical (unpaired) electrons. The van der Waals surface area contributed by atoms with Crippen molar-refractivity contribution in [3.8, 4) is 0 Å². The van der Waals surface area contributed by atoms with Crippen molar-refractivity contribution in [3.63, 3.8) is 0 Å². The average molecular weight is 342 g/mol. The summed E-state index contributed by atoms with van der Waals surface area (Å²) in [6.45, 7) is -0.0479. The monoisotopic (exact) mass is 342 g/mol. The van der Waals surface area contributed by atoms with E-state index in [1.165, 1.54) is 6.26 Å². The first-order chi connectivity index (χ1) is 11.6. The second-order valence-electron chi connectivity index (χ2n) is 5.50. The summed E-state index contributed by atoms with van der Waals surface area (Å²) in [5.74, 6) is 0.220. The first-order valence-corrected chi connectivity index (χ1v) is 8.85. The molecule has 1 aromatic heterocycles. The quantitative estimate of drug-likeness (QED) is 0.789. The van der Waals surface area contributed by atoms with Crippen LogP contribution in [-0.2, 0) is 21.4 Å². The van der Waals surface area contributed by atoms with Crippen LogP contribution in [0.5, 0.6) is 0 Å². The highest BCUT2D eigenvalue weighted by Crippen LogP contribution is 2.41. The number of rotatable bonds is 4. The summed E-state index contributed by atoms with van der Waals surface area (Å²) in [7, 11) is -3.72. The van der Waals surface area contributed by atoms with E-state index in [-0.39, 0.29) is 23.9 Å². The molecule has 0 bridgehead atoms. The third kappa shape index (κ3) is 2.25. The molecule has 0 aliphatic carbocycles. The van der Waals surface area contributed by atoms with Gasteiger partial charge in [-0.2, -0.15) is 0 Å². The topological polar surface area (TPSA) is 79.6 Å².